The van der Waals surface area contributed by atoms with E-state index in [4.69, 9.17) is 9.15 Å². The minimum atomic E-state index is -3.95. The number of fused-ring (bicyclic) bond motifs is 1. The first-order valence-corrected chi connectivity index (χ1v) is 12.9. The van der Waals surface area contributed by atoms with E-state index in [0.717, 1.165) is 29.5 Å². The van der Waals surface area contributed by atoms with Gasteiger partial charge in [0.15, 0.2) is 0 Å². The lowest BCUT2D eigenvalue weighted by Crippen LogP contribution is -2.46. The van der Waals surface area contributed by atoms with Crippen LogP contribution in [0, 0.1) is 19.8 Å². The SMILES string of the molecule is CCCCc1cc(=O)oc2cc(C)cc(OC(=O)[C@@H](NS(=O)(=O)c3ccc(C)cc3)C(C)C)c12. The second-order valence-electron chi connectivity index (χ2n) is 8.91. The van der Waals surface area contributed by atoms with Crippen molar-refractivity contribution in [2.24, 2.45) is 5.92 Å². The average Bonchev–Trinajstić information content (AvgIpc) is 2.75. The Hall–Kier alpha value is -2.97. The number of benzene rings is 2. The number of aryl methyl sites for hydroxylation is 3. The van der Waals surface area contributed by atoms with Gasteiger partial charge in [-0.05, 0) is 68.0 Å². The molecule has 1 N–H and O–H groups in total. The van der Waals surface area contributed by atoms with Crippen LogP contribution in [0.3, 0.4) is 0 Å². The fraction of sp³-hybridized carbons (Fsp3) is 0.385. The molecular formula is C26H31NO6S. The number of unbranched alkanes of at least 4 members (excludes halogenated alkanes) is 1. The van der Waals surface area contributed by atoms with Gasteiger partial charge in [0.2, 0.25) is 10.0 Å². The predicted molar refractivity (Wildman–Crippen MR) is 132 cm³/mol. The van der Waals surface area contributed by atoms with Crippen LogP contribution in [0.5, 0.6) is 5.75 Å². The maximum absolute atomic E-state index is 13.2. The molecule has 0 spiro atoms. The van der Waals surface area contributed by atoms with Gasteiger partial charge in [0, 0.05) is 6.07 Å². The van der Waals surface area contributed by atoms with Gasteiger partial charge in [0.1, 0.15) is 17.4 Å². The van der Waals surface area contributed by atoms with Crippen LogP contribution in [-0.2, 0) is 21.2 Å². The van der Waals surface area contributed by atoms with Gasteiger partial charge in [-0.15, -0.1) is 0 Å². The molecular weight excluding hydrogens is 454 g/mol. The largest absolute Gasteiger partial charge is 0.425 e. The van der Waals surface area contributed by atoms with Crippen LogP contribution in [-0.4, -0.2) is 20.4 Å². The number of hydrogen-bond donors (Lipinski definition) is 1. The molecule has 0 saturated heterocycles. The molecule has 0 fully saturated rings. The molecule has 34 heavy (non-hydrogen) atoms. The molecule has 8 heteroatoms. The van der Waals surface area contributed by atoms with Gasteiger partial charge in [0.05, 0.1) is 10.3 Å². The van der Waals surface area contributed by atoms with Crippen LogP contribution >= 0.6 is 0 Å². The zero-order valence-corrected chi connectivity index (χ0v) is 21.0. The van der Waals surface area contributed by atoms with Crippen LogP contribution < -0.4 is 15.1 Å². The van der Waals surface area contributed by atoms with Gasteiger partial charge in [-0.3, -0.25) is 0 Å². The molecule has 182 valence electrons. The molecule has 0 radical (unpaired) electrons. The Morgan fingerprint density at radius 1 is 1.06 bits per heavy atom. The highest BCUT2D eigenvalue weighted by atomic mass is 32.2. The molecule has 3 rings (SSSR count). The Morgan fingerprint density at radius 3 is 2.35 bits per heavy atom. The first-order valence-electron chi connectivity index (χ1n) is 11.4. The van der Waals surface area contributed by atoms with Crippen molar-refractivity contribution in [2.45, 2.75) is 64.8 Å². The molecule has 0 saturated carbocycles. The number of carbonyl (C=O) groups excluding carboxylic acids is 1. The fourth-order valence-corrected chi connectivity index (χ4v) is 5.03. The standard InChI is InChI=1S/C26H31NO6S/c1-6-7-8-19-15-23(28)32-21-13-18(5)14-22(24(19)21)33-26(29)25(16(2)3)27-34(30,31)20-11-9-17(4)10-12-20/h9-16,25,27H,6-8H2,1-5H3/t25-/m0/s1. The van der Waals surface area contributed by atoms with Gasteiger partial charge >= 0.3 is 11.6 Å². The Balaban J connectivity index is 1.98. The number of hydrogen-bond acceptors (Lipinski definition) is 6. The predicted octanol–water partition coefficient (Wildman–Crippen LogP) is 4.66. The normalized spacial score (nSPS) is 12.8. The summed E-state index contributed by atoms with van der Waals surface area (Å²) < 4.78 is 39.5. The van der Waals surface area contributed by atoms with E-state index in [1.165, 1.54) is 18.2 Å². The molecule has 0 aliphatic carbocycles. The third-order valence-corrected chi connectivity index (χ3v) is 7.04. The quantitative estimate of drug-likeness (QED) is 0.269. The lowest BCUT2D eigenvalue weighted by Gasteiger charge is -2.21. The van der Waals surface area contributed by atoms with Crippen LogP contribution in [0.4, 0.5) is 0 Å². The third kappa shape index (κ3) is 5.93. The Morgan fingerprint density at radius 2 is 1.74 bits per heavy atom. The van der Waals surface area contributed by atoms with E-state index in [9.17, 15) is 18.0 Å². The number of carbonyl (C=O) groups is 1. The minimum absolute atomic E-state index is 0.0705. The summed E-state index contributed by atoms with van der Waals surface area (Å²) in [6, 6.07) is 10.1. The van der Waals surface area contributed by atoms with E-state index >= 15 is 0 Å². The summed E-state index contributed by atoms with van der Waals surface area (Å²) in [5.41, 5.74) is 2.27. The minimum Gasteiger partial charge on any atom is -0.425 e. The van der Waals surface area contributed by atoms with Crippen LogP contribution in [0.15, 0.2) is 56.6 Å². The maximum Gasteiger partial charge on any atom is 0.336 e. The second kappa shape index (κ2) is 10.5. The number of nitrogens with one attached hydrogen (secondary N) is 1. The molecule has 0 amide bonds. The van der Waals surface area contributed by atoms with E-state index in [2.05, 4.69) is 4.72 Å². The van der Waals surface area contributed by atoms with Crippen molar-refractivity contribution >= 4 is 27.0 Å². The summed E-state index contributed by atoms with van der Waals surface area (Å²) in [7, 11) is -3.95. The van der Waals surface area contributed by atoms with E-state index in [-0.39, 0.29) is 16.6 Å². The van der Waals surface area contributed by atoms with Crippen molar-refractivity contribution in [2.75, 3.05) is 0 Å². The summed E-state index contributed by atoms with van der Waals surface area (Å²) in [4.78, 5) is 25.4. The van der Waals surface area contributed by atoms with Crippen molar-refractivity contribution < 1.29 is 22.4 Å². The highest BCUT2D eigenvalue weighted by Gasteiger charge is 2.31. The summed E-state index contributed by atoms with van der Waals surface area (Å²) in [6.07, 6.45) is 2.41. The van der Waals surface area contributed by atoms with Crippen LogP contribution in [0.25, 0.3) is 11.0 Å². The highest BCUT2D eigenvalue weighted by molar-refractivity contribution is 7.89. The van der Waals surface area contributed by atoms with Gasteiger partial charge in [0.25, 0.3) is 0 Å². The second-order valence-corrected chi connectivity index (χ2v) is 10.6. The summed E-state index contributed by atoms with van der Waals surface area (Å²) >= 11 is 0. The molecule has 1 atom stereocenters. The lowest BCUT2D eigenvalue weighted by atomic mass is 10.0. The molecule has 1 heterocycles. The Bertz CT molecular complexity index is 1340. The van der Waals surface area contributed by atoms with E-state index in [1.54, 1.807) is 45.0 Å². The van der Waals surface area contributed by atoms with Crippen LogP contribution in [0.2, 0.25) is 0 Å². The van der Waals surface area contributed by atoms with Crippen molar-refractivity contribution in [1.82, 2.24) is 4.72 Å². The summed E-state index contributed by atoms with van der Waals surface area (Å²) in [6.45, 7) is 9.19. The van der Waals surface area contributed by atoms with Crippen molar-refractivity contribution in [3.05, 3.63) is 69.6 Å². The van der Waals surface area contributed by atoms with Gasteiger partial charge < -0.3 is 9.15 Å². The monoisotopic (exact) mass is 485 g/mol. The zero-order valence-electron chi connectivity index (χ0n) is 20.2. The molecule has 0 unspecified atom stereocenters. The van der Waals surface area contributed by atoms with E-state index in [0.29, 0.717) is 17.4 Å². The molecule has 0 aliphatic rings. The zero-order chi connectivity index (χ0) is 25.0. The molecule has 0 bridgehead atoms. The summed E-state index contributed by atoms with van der Waals surface area (Å²) in [5, 5.41) is 0.552. The van der Waals surface area contributed by atoms with Crippen LogP contribution in [0.1, 0.15) is 50.3 Å². The van der Waals surface area contributed by atoms with Gasteiger partial charge in [-0.25, -0.2) is 18.0 Å². The molecule has 2 aromatic carbocycles. The topological polar surface area (TPSA) is 103 Å². The van der Waals surface area contributed by atoms with Crippen molar-refractivity contribution in [3.63, 3.8) is 0 Å². The molecule has 7 nitrogen and oxygen atoms in total. The molecule has 1 aromatic heterocycles. The van der Waals surface area contributed by atoms with Crippen molar-refractivity contribution in [3.8, 4) is 5.75 Å². The Labute approximate surface area is 200 Å². The summed E-state index contributed by atoms with van der Waals surface area (Å²) in [5.74, 6) is -0.860. The van der Waals surface area contributed by atoms with E-state index < -0.39 is 27.7 Å². The number of ether oxygens (including phenoxy) is 1. The smallest absolute Gasteiger partial charge is 0.336 e. The average molecular weight is 486 g/mol. The van der Waals surface area contributed by atoms with Crippen molar-refractivity contribution in [1.29, 1.82) is 0 Å². The number of sulfonamides is 1. The number of esters is 1. The molecule has 3 aromatic rings. The highest BCUT2D eigenvalue weighted by Crippen LogP contribution is 2.31. The lowest BCUT2D eigenvalue weighted by molar-refractivity contribution is -0.137. The first kappa shape index (κ1) is 25.6. The van der Waals surface area contributed by atoms with Gasteiger partial charge in [-0.2, -0.15) is 4.72 Å². The maximum atomic E-state index is 13.2. The number of rotatable bonds is 9. The first-order chi connectivity index (χ1) is 16.0. The molecule has 0 aliphatic heterocycles. The Kier molecular flexibility index (Phi) is 7.94. The van der Waals surface area contributed by atoms with Gasteiger partial charge in [-0.1, -0.05) is 44.9 Å². The fourth-order valence-electron chi connectivity index (χ4n) is 3.70. The third-order valence-electron chi connectivity index (χ3n) is 5.58. The van der Waals surface area contributed by atoms with E-state index in [1.807, 2.05) is 13.8 Å².